The molecule has 0 radical (unpaired) electrons. The molecule has 16 heavy (non-hydrogen) atoms. The van der Waals surface area contributed by atoms with Crippen LogP contribution in [0.15, 0.2) is 24.0 Å². The Morgan fingerprint density at radius 2 is 2.31 bits per heavy atom. The monoisotopic (exact) mass is 218 g/mol. The van der Waals surface area contributed by atoms with Gasteiger partial charge in [-0.05, 0) is 20.4 Å². The lowest BCUT2D eigenvalue weighted by Gasteiger charge is -2.26. The molecule has 0 amide bonds. The third-order valence-electron chi connectivity index (χ3n) is 2.79. The van der Waals surface area contributed by atoms with Crippen molar-refractivity contribution in [2.24, 2.45) is 0 Å². The summed E-state index contributed by atoms with van der Waals surface area (Å²) >= 11 is 0. The summed E-state index contributed by atoms with van der Waals surface area (Å²) in [6, 6.07) is 0. The zero-order valence-electron chi connectivity index (χ0n) is 9.90. The molecule has 0 aromatic carbocycles. The smallest absolute Gasteiger partial charge is 0.147 e. The minimum atomic E-state index is 0.767. The maximum absolute atomic E-state index is 4.58. The van der Waals surface area contributed by atoms with Crippen LogP contribution in [0.5, 0.6) is 0 Å². The summed E-state index contributed by atoms with van der Waals surface area (Å²) in [5, 5.41) is 3.09. The lowest BCUT2D eigenvalue weighted by molar-refractivity contribution is 0.747. The highest BCUT2D eigenvalue weighted by atomic mass is 15.2. The topological polar surface area (TPSA) is 41.1 Å². The molecule has 0 spiro atoms. The van der Waals surface area contributed by atoms with Gasteiger partial charge in [0.1, 0.15) is 5.82 Å². The van der Waals surface area contributed by atoms with Gasteiger partial charge in [0.2, 0.25) is 0 Å². The van der Waals surface area contributed by atoms with Crippen LogP contribution in [-0.4, -0.2) is 30.1 Å². The first-order valence-electron chi connectivity index (χ1n) is 5.65. The van der Waals surface area contributed by atoms with E-state index in [1.165, 1.54) is 5.57 Å². The first kappa shape index (κ1) is 11.1. The zero-order chi connectivity index (χ0) is 11.4. The zero-order valence-corrected chi connectivity index (χ0v) is 9.90. The third-order valence-corrected chi connectivity index (χ3v) is 2.79. The van der Waals surface area contributed by atoms with E-state index >= 15 is 0 Å². The minimum Gasteiger partial charge on any atom is -0.351 e. The van der Waals surface area contributed by atoms with Gasteiger partial charge in [0.25, 0.3) is 0 Å². The van der Waals surface area contributed by atoms with Crippen molar-refractivity contribution in [2.45, 2.75) is 19.9 Å². The third kappa shape index (κ3) is 2.58. The summed E-state index contributed by atoms with van der Waals surface area (Å²) in [4.78, 5) is 11.1. The van der Waals surface area contributed by atoms with Crippen LogP contribution >= 0.6 is 0 Å². The standard InChI is InChI=1S/C12H18N4/c1-10-3-5-16(6-4-10)12-9-14-8-11(15-12)7-13-2/h3,8-9,13H,4-7H2,1-2H3. The van der Waals surface area contributed by atoms with Crippen LogP contribution in [0.2, 0.25) is 0 Å². The van der Waals surface area contributed by atoms with E-state index in [0.717, 1.165) is 37.6 Å². The van der Waals surface area contributed by atoms with Crippen molar-refractivity contribution >= 4 is 5.82 Å². The normalized spacial score (nSPS) is 16.1. The fraction of sp³-hybridized carbons (Fsp3) is 0.500. The highest BCUT2D eigenvalue weighted by Gasteiger charge is 2.11. The molecule has 1 aliphatic rings. The van der Waals surface area contributed by atoms with E-state index in [0.29, 0.717) is 0 Å². The van der Waals surface area contributed by atoms with E-state index in [4.69, 9.17) is 0 Å². The molecule has 0 bridgehead atoms. The summed E-state index contributed by atoms with van der Waals surface area (Å²) in [7, 11) is 1.92. The van der Waals surface area contributed by atoms with Crippen molar-refractivity contribution in [3.63, 3.8) is 0 Å². The van der Waals surface area contributed by atoms with E-state index in [1.807, 2.05) is 19.4 Å². The Morgan fingerprint density at radius 1 is 1.44 bits per heavy atom. The fourth-order valence-electron chi connectivity index (χ4n) is 1.79. The Kier molecular flexibility index (Phi) is 3.51. The van der Waals surface area contributed by atoms with Crippen LogP contribution < -0.4 is 10.2 Å². The molecular weight excluding hydrogens is 200 g/mol. The maximum Gasteiger partial charge on any atom is 0.147 e. The van der Waals surface area contributed by atoms with Crippen LogP contribution in [0.4, 0.5) is 5.82 Å². The summed E-state index contributed by atoms with van der Waals surface area (Å²) in [6.45, 7) is 4.94. The molecule has 0 aliphatic carbocycles. The molecule has 4 heteroatoms. The maximum atomic E-state index is 4.58. The fourth-order valence-corrected chi connectivity index (χ4v) is 1.79. The van der Waals surface area contributed by atoms with Gasteiger partial charge in [0.05, 0.1) is 11.9 Å². The minimum absolute atomic E-state index is 0.767. The van der Waals surface area contributed by atoms with Gasteiger partial charge in [-0.15, -0.1) is 0 Å². The molecule has 0 unspecified atom stereocenters. The number of rotatable bonds is 3. The Balaban J connectivity index is 2.11. The summed E-state index contributed by atoms with van der Waals surface area (Å²) in [5.41, 5.74) is 2.46. The van der Waals surface area contributed by atoms with Gasteiger partial charge >= 0.3 is 0 Å². The predicted octanol–water partition coefficient (Wildman–Crippen LogP) is 1.35. The van der Waals surface area contributed by atoms with Crippen LogP contribution in [0.3, 0.4) is 0 Å². The van der Waals surface area contributed by atoms with Gasteiger partial charge in [-0.3, -0.25) is 4.98 Å². The summed E-state index contributed by atoms with van der Waals surface area (Å²) < 4.78 is 0. The SMILES string of the molecule is CNCc1cncc(N2CC=C(C)CC2)n1. The quantitative estimate of drug-likeness (QED) is 0.778. The highest BCUT2D eigenvalue weighted by Crippen LogP contribution is 2.16. The van der Waals surface area contributed by atoms with Crippen molar-refractivity contribution in [2.75, 3.05) is 25.0 Å². The number of anilines is 1. The molecule has 1 N–H and O–H groups in total. The van der Waals surface area contributed by atoms with Gasteiger partial charge in [-0.2, -0.15) is 0 Å². The first-order valence-corrected chi connectivity index (χ1v) is 5.65. The van der Waals surface area contributed by atoms with Gasteiger partial charge in [-0.1, -0.05) is 11.6 Å². The van der Waals surface area contributed by atoms with E-state index in [2.05, 4.69) is 33.2 Å². The molecular formula is C12H18N4. The van der Waals surface area contributed by atoms with Gasteiger partial charge in [-0.25, -0.2) is 4.98 Å². The number of nitrogens with one attached hydrogen (secondary N) is 1. The lowest BCUT2D eigenvalue weighted by Crippen LogP contribution is -2.29. The molecule has 2 rings (SSSR count). The van der Waals surface area contributed by atoms with E-state index in [-0.39, 0.29) is 0 Å². The molecule has 0 saturated carbocycles. The highest BCUT2D eigenvalue weighted by molar-refractivity contribution is 5.39. The second-order valence-corrected chi connectivity index (χ2v) is 4.15. The van der Waals surface area contributed by atoms with Crippen molar-refractivity contribution in [1.82, 2.24) is 15.3 Å². The Labute approximate surface area is 96.4 Å². The second-order valence-electron chi connectivity index (χ2n) is 4.15. The average molecular weight is 218 g/mol. The molecule has 0 fully saturated rings. The molecule has 0 saturated heterocycles. The van der Waals surface area contributed by atoms with Crippen molar-refractivity contribution < 1.29 is 0 Å². The molecule has 4 nitrogen and oxygen atoms in total. The number of hydrogen-bond donors (Lipinski definition) is 1. The Bertz CT molecular complexity index is 386. The first-order chi connectivity index (χ1) is 7.79. The van der Waals surface area contributed by atoms with Crippen molar-refractivity contribution in [3.8, 4) is 0 Å². The van der Waals surface area contributed by atoms with Gasteiger partial charge < -0.3 is 10.2 Å². The van der Waals surface area contributed by atoms with Crippen LogP contribution in [0.25, 0.3) is 0 Å². The second kappa shape index (κ2) is 5.07. The van der Waals surface area contributed by atoms with E-state index in [9.17, 15) is 0 Å². The number of aromatic nitrogens is 2. The molecule has 2 heterocycles. The largest absolute Gasteiger partial charge is 0.351 e. The Morgan fingerprint density at radius 3 is 3.00 bits per heavy atom. The molecule has 1 aromatic heterocycles. The summed E-state index contributed by atoms with van der Waals surface area (Å²) in [6.07, 6.45) is 7.03. The lowest BCUT2D eigenvalue weighted by atomic mass is 10.1. The average Bonchev–Trinajstić information content (AvgIpc) is 2.31. The van der Waals surface area contributed by atoms with Crippen molar-refractivity contribution in [3.05, 3.63) is 29.7 Å². The van der Waals surface area contributed by atoms with Crippen LogP contribution in [0, 0.1) is 0 Å². The number of nitrogens with zero attached hydrogens (tertiary/aromatic N) is 3. The van der Waals surface area contributed by atoms with Gasteiger partial charge in [0, 0.05) is 25.8 Å². The van der Waals surface area contributed by atoms with Crippen molar-refractivity contribution in [1.29, 1.82) is 0 Å². The molecule has 1 aliphatic heterocycles. The van der Waals surface area contributed by atoms with Crippen LogP contribution in [0.1, 0.15) is 19.0 Å². The molecule has 0 atom stereocenters. The van der Waals surface area contributed by atoms with E-state index in [1.54, 1.807) is 0 Å². The molecule has 86 valence electrons. The molecule has 1 aromatic rings. The van der Waals surface area contributed by atoms with Gasteiger partial charge in [0.15, 0.2) is 0 Å². The van der Waals surface area contributed by atoms with E-state index < -0.39 is 0 Å². The Hall–Kier alpha value is -1.42. The summed E-state index contributed by atoms with van der Waals surface area (Å²) in [5.74, 6) is 0.983. The van der Waals surface area contributed by atoms with Crippen LogP contribution in [-0.2, 0) is 6.54 Å². The number of hydrogen-bond acceptors (Lipinski definition) is 4. The predicted molar refractivity (Wildman–Crippen MR) is 65.4 cm³/mol.